The standard InChI is InChI=1S/C25H24Cl2N4O3/c1-25(2)11-18-21(19(32)12-25)22(16-8-6-14(33-3)10-20(16)34-4)31-24(28-18)29-23(30-31)15-7-5-13(26)9-17(15)27/h5-10,22H,11-12H2,1-4H3,(H,28,29,30). The quantitative estimate of drug-likeness (QED) is 0.480. The maximum absolute atomic E-state index is 13.5. The highest BCUT2D eigenvalue weighted by Gasteiger charge is 2.42. The van der Waals surface area contributed by atoms with Crippen LogP contribution in [0.5, 0.6) is 11.5 Å². The lowest BCUT2D eigenvalue weighted by atomic mass is 9.73. The zero-order chi connectivity index (χ0) is 24.2. The molecule has 3 aromatic rings. The Morgan fingerprint density at radius 1 is 1.09 bits per heavy atom. The zero-order valence-electron chi connectivity index (χ0n) is 19.3. The van der Waals surface area contributed by atoms with Gasteiger partial charge in [-0.15, -0.1) is 5.10 Å². The van der Waals surface area contributed by atoms with Crippen molar-refractivity contribution in [3.05, 3.63) is 63.3 Å². The van der Waals surface area contributed by atoms with E-state index in [0.29, 0.717) is 57.3 Å². The van der Waals surface area contributed by atoms with Crippen molar-refractivity contribution in [2.75, 3.05) is 19.5 Å². The molecular weight excluding hydrogens is 475 g/mol. The Morgan fingerprint density at radius 3 is 2.59 bits per heavy atom. The topological polar surface area (TPSA) is 78.3 Å². The second-order valence-electron chi connectivity index (χ2n) is 9.30. The first kappa shape index (κ1) is 22.7. The SMILES string of the molecule is COc1ccc(C2C3=C(CC(C)(C)CC3=O)Nc3nc(-c4ccc(Cl)cc4Cl)nn32)c(OC)c1. The van der Waals surface area contributed by atoms with E-state index in [1.54, 1.807) is 37.1 Å². The van der Waals surface area contributed by atoms with Crippen molar-refractivity contribution in [1.82, 2.24) is 14.8 Å². The number of hydrogen-bond acceptors (Lipinski definition) is 6. The summed E-state index contributed by atoms with van der Waals surface area (Å²) in [6, 6.07) is 10.2. The number of hydrogen-bond donors (Lipinski definition) is 1. The van der Waals surface area contributed by atoms with Crippen LogP contribution in [-0.4, -0.2) is 34.8 Å². The first-order valence-corrected chi connectivity index (χ1v) is 11.6. The molecule has 1 aliphatic heterocycles. The van der Waals surface area contributed by atoms with Crippen molar-refractivity contribution in [2.45, 2.75) is 32.7 Å². The Hall–Kier alpha value is -3.03. The number of halogens is 2. The van der Waals surface area contributed by atoms with Gasteiger partial charge in [0.05, 0.1) is 19.2 Å². The van der Waals surface area contributed by atoms with Crippen molar-refractivity contribution in [3.8, 4) is 22.9 Å². The van der Waals surface area contributed by atoms with E-state index in [1.165, 1.54) is 0 Å². The summed E-state index contributed by atoms with van der Waals surface area (Å²) in [6.45, 7) is 4.19. The summed E-state index contributed by atoms with van der Waals surface area (Å²) in [5.41, 5.74) is 2.82. The molecule has 1 atom stereocenters. The average molecular weight is 499 g/mol. The van der Waals surface area contributed by atoms with Gasteiger partial charge < -0.3 is 14.8 Å². The molecule has 1 unspecified atom stereocenters. The van der Waals surface area contributed by atoms with Crippen molar-refractivity contribution in [2.24, 2.45) is 5.41 Å². The molecule has 34 heavy (non-hydrogen) atoms. The van der Waals surface area contributed by atoms with Gasteiger partial charge in [0, 0.05) is 39.9 Å². The van der Waals surface area contributed by atoms with Crippen molar-refractivity contribution < 1.29 is 14.3 Å². The van der Waals surface area contributed by atoms with Crippen molar-refractivity contribution >= 4 is 34.9 Å². The lowest BCUT2D eigenvalue weighted by Gasteiger charge is -2.38. The van der Waals surface area contributed by atoms with Gasteiger partial charge in [0.15, 0.2) is 11.6 Å². The predicted molar refractivity (Wildman–Crippen MR) is 132 cm³/mol. The summed E-state index contributed by atoms with van der Waals surface area (Å²) in [5, 5.41) is 9.15. The van der Waals surface area contributed by atoms with E-state index in [2.05, 4.69) is 19.2 Å². The molecule has 0 bridgehead atoms. The molecule has 7 nitrogen and oxygen atoms in total. The summed E-state index contributed by atoms with van der Waals surface area (Å²) in [4.78, 5) is 18.2. The van der Waals surface area contributed by atoms with Gasteiger partial charge in [0.25, 0.3) is 0 Å². The smallest absolute Gasteiger partial charge is 0.226 e. The molecule has 0 fully saturated rings. The summed E-state index contributed by atoms with van der Waals surface area (Å²) >= 11 is 12.5. The maximum atomic E-state index is 13.5. The molecule has 5 rings (SSSR count). The average Bonchev–Trinajstić information content (AvgIpc) is 3.19. The lowest BCUT2D eigenvalue weighted by Crippen LogP contribution is -2.36. The molecule has 9 heteroatoms. The summed E-state index contributed by atoms with van der Waals surface area (Å²) in [7, 11) is 3.20. The van der Waals surface area contributed by atoms with Gasteiger partial charge >= 0.3 is 0 Å². The molecule has 0 spiro atoms. The number of carbonyl (C=O) groups is 1. The number of Topliss-reactive ketones (excluding diaryl/α,β-unsaturated/α-hetero) is 1. The van der Waals surface area contributed by atoms with Gasteiger partial charge in [0.1, 0.15) is 17.5 Å². The van der Waals surface area contributed by atoms with Crippen LogP contribution in [0.1, 0.15) is 38.3 Å². The monoisotopic (exact) mass is 498 g/mol. The van der Waals surface area contributed by atoms with Crippen molar-refractivity contribution in [1.29, 1.82) is 0 Å². The van der Waals surface area contributed by atoms with Crippen LogP contribution in [0, 0.1) is 5.41 Å². The number of rotatable bonds is 4. The number of fused-ring (bicyclic) bond motifs is 1. The van der Waals surface area contributed by atoms with E-state index in [9.17, 15) is 4.79 Å². The summed E-state index contributed by atoms with van der Waals surface area (Å²) in [5.74, 6) is 2.31. The van der Waals surface area contributed by atoms with E-state index in [4.69, 9.17) is 42.8 Å². The van der Waals surface area contributed by atoms with Crippen LogP contribution in [0.2, 0.25) is 10.0 Å². The molecule has 2 heterocycles. The molecule has 1 aromatic heterocycles. The Kier molecular flexibility index (Phi) is 5.57. The van der Waals surface area contributed by atoms with Gasteiger partial charge in [0.2, 0.25) is 5.95 Å². The van der Waals surface area contributed by atoms with Crippen LogP contribution in [0.3, 0.4) is 0 Å². The summed E-state index contributed by atoms with van der Waals surface area (Å²) in [6.07, 6.45) is 1.16. The number of benzene rings is 2. The van der Waals surface area contributed by atoms with E-state index in [-0.39, 0.29) is 11.2 Å². The maximum Gasteiger partial charge on any atom is 0.226 e. The molecule has 0 saturated heterocycles. The third-order valence-electron chi connectivity index (χ3n) is 6.24. The molecular formula is C25H24Cl2N4O3. The number of methoxy groups -OCH3 is 2. The first-order valence-electron chi connectivity index (χ1n) is 10.9. The minimum Gasteiger partial charge on any atom is -0.497 e. The summed E-state index contributed by atoms with van der Waals surface area (Å²) < 4.78 is 12.8. The number of carbonyl (C=O) groups excluding carboxylic acids is 1. The number of ketones is 1. The van der Waals surface area contributed by atoms with E-state index < -0.39 is 6.04 Å². The fraction of sp³-hybridized carbons (Fsp3) is 0.320. The fourth-order valence-corrected chi connectivity index (χ4v) is 5.22. The normalized spacial score (nSPS) is 18.8. The molecule has 1 aliphatic carbocycles. The Labute approximate surface area is 207 Å². The minimum absolute atomic E-state index is 0.0776. The third kappa shape index (κ3) is 3.83. The number of aromatic nitrogens is 3. The van der Waals surface area contributed by atoms with Gasteiger partial charge in [-0.25, -0.2) is 4.68 Å². The number of anilines is 1. The molecule has 176 valence electrons. The first-order chi connectivity index (χ1) is 16.2. The largest absolute Gasteiger partial charge is 0.497 e. The molecule has 0 saturated carbocycles. The van der Waals surface area contributed by atoms with E-state index in [0.717, 1.165) is 11.3 Å². The van der Waals surface area contributed by atoms with Crippen LogP contribution in [0.15, 0.2) is 47.7 Å². The molecule has 0 amide bonds. The predicted octanol–water partition coefficient (Wildman–Crippen LogP) is 5.93. The van der Waals surface area contributed by atoms with Crippen LogP contribution < -0.4 is 14.8 Å². The molecule has 1 N–H and O–H groups in total. The van der Waals surface area contributed by atoms with E-state index in [1.807, 2.05) is 18.2 Å². The van der Waals surface area contributed by atoms with E-state index >= 15 is 0 Å². The Balaban J connectivity index is 1.72. The van der Waals surface area contributed by atoms with Gasteiger partial charge in [-0.05, 0) is 42.2 Å². The minimum atomic E-state index is -0.511. The third-order valence-corrected chi connectivity index (χ3v) is 6.79. The number of nitrogens with zero attached hydrogens (tertiary/aromatic N) is 3. The molecule has 2 aromatic carbocycles. The lowest BCUT2D eigenvalue weighted by molar-refractivity contribution is -0.118. The van der Waals surface area contributed by atoms with Crippen LogP contribution in [0.4, 0.5) is 5.95 Å². The Bertz CT molecular complexity index is 1350. The Morgan fingerprint density at radius 2 is 1.88 bits per heavy atom. The number of allylic oxidation sites excluding steroid dienone is 2. The number of ether oxygens (including phenoxy) is 2. The highest BCUT2D eigenvalue weighted by molar-refractivity contribution is 6.36. The van der Waals surface area contributed by atoms with Gasteiger partial charge in [-0.1, -0.05) is 37.0 Å². The number of nitrogens with one attached hydrogen (secondary N) is 1. The fourth-order valence-electron chi connectivity index (χ4n) is 4.73. The van der Waals surface area contributed by atoms with Gasteiger partial charge in [-0.2, -0.15) is 4.98 Å². The molecule has 2 aliphatic rings. The second-order valence-corrected chi connectivity index (χ2v) is 10.1. The van der Waals surface area contributed by atoms with Crippen LogP contribution in [0.25, 0.3) is 11.4 Å². The highest BCUT2D eigenvalue weighted by Crippen LogP contribution is 2.48. The highest BCUT2D eigenvalue weighted by atomic mass is 35.5. The molecule has 0 radical (unpaired) electrons. The van der Waals surface area contributed by atoms with Crippen molar-refractivity contribution in [3.63, 3.8) is 0 Å². The van der Waals surface area contributed by atoms with Crippen LogP contribution in [-0.2, 0) is 4.79 Å². The zero-order valence-corrected chi connectivity index (χ0v) is 20.8. The second kappa shape index (κ2) is 8.32. The van der Waals surface area contributed by atoms with Gasteiger partial charge in [-0.3, -0.25) is 4.79 Å². The van der Waals surface area contributed by atoms with Crippen LogP contribution >= 0.6 is 23.2 Å².